The quantitative estimate of drug-likeness (QED) is 0.651. The van der Waals surface area contributed by atoms with Gasteiger partial charge in [0.15, 0.2) is 22.1 Å². The number of amides is 1. The van der Waals surface area contributed by atoms with Crippen LogP contribution in [-0.4, -0.2) is 33.9 Å². The van der Waals surface area contributed by atoms with E-state index in [1.165, 1.54) is 0 Å². The van der Waals surface area contributed by atoms with Crippen molar-refractivity contribution in [2.24, 2.45) is 0 Å². The van der Waals surface area contributed by atoms with E-state index in [1.807, 2.05) is 12.1 Å². The molecule has 0 fully saturated rings. The molecule has 138 valence electrons. The normalized spacial score (nSPS) is 12.6. The number of halogens is 1. The van der Waals surface area contributed by atoms with Crippen molar-refractivity contribution in [2.75, 3.05) is 18.5 Å². The van der Waals surface area contributed by atoms with Crippen molar-refractivity contribution in [3.05, 3.63) is 52.3 Å². The lowest BCUT2D eigenvalue weighted by Gasteiger charge is -2.19. The van der Waals surface area contributed by atoms with E-state index in [0.29, 0.717) is 46.0 Å². The number of nitrogens with zero attached hydrogens (tertiary/aromatic N) is 2. The first kappa shape index (κ1) is 17.6. The van der Waals surface area contributed by atoms with Crippen LogP contribution in [0.4, 0.5) is 5.69 Å². The van der Waals surface area contributed by atoms with E-state index in [2.05, 4.69) is 15.5 Å². The minimum atomic E-state index is -0.237. The number of anilines is 1. The zero-order chi connectivity index (χ0) is 18.8. The van der Waals surface area contributed by atoms with Gasteiger partial charge in [-0.2, -0.15) is 5.10 Å². The number of nitrogens with one attached hydrogen (secondary N) is 2. The molecule has 0 unspecified atom stereocenters. The largest absolute Gasteiger partial charge is 0.486 e. The molecule has 9 heteroatoms. The van der Waals surface area contributed by atoms with Crippen LogP contribution in [0.1, 0.15) is 0 Å². The Morgan fingerprint density at radius 3 is 2.70 bits per heavy atom. The van der Waals surface area contributed by atoms with Gasteiger partial charge in [0.25, 0.3) is 0 Å². The average Bonchev–Trinajstić information content (AvgIpc) is 3.03. The van der Waals surface area contributed by atoms with Crippen LogP contribution in [0.2, 0.25) is 5.02 Å². The second-order valence-corrected chi connectivity index (χ2v) is 6.68. The predicted molar refractivity (Wildman–Crippen MR) is 104 cm³/mol. The third-order valence-corrected chi connectivity index (χ3v) is 4.55. The van der Waals surface area contributed by atoms with Crippen molar-refractivity contribution in [3.8, 4) is 22.9 Å². The van der Waals surface area contributed by atoms with E-state index in [0.717, 1.165) is 5.56 Å². The van der Waals surface area contributed by atoms with Crippen molar-refractivity contribution in [3.63, 3.8) is 0 Å². The predicted octanol–water partition coefficient (Wildman–Crippen LogP) is 3.67. The Hall–Kier alpha value is -2.84. The molecular weight excluding hydrogens is 388 g/mol. The minimum Gasteiger partial charge on any atom is -0.486 e. The molecule has 0 aliphatic carbocycles. The first-order valence-electron chi connectivity index (χ1n) is 8.21. The lowest BCUT2D eigenvalue weighted by molar-refractivity contribution is -0.116. The summed E-state index contributed by atoms with van der Waals surface area (Å²) in [7, 11) is 0. The zero-order valence-corrected chi connectivity index (χ0v) is 15.6. The molecule has 0 spiro atoms. The van der Waals surface area contributed by atoms with Crippen molar-refractivity contribution in [1.29, 1.82) is 0 Å². The number of hydrogen-bond donors (Lipinski definition) is 2. The monoisotopic (exact) mass is 402 g/mol. The van der Waals surface area contributed by atoms with Gasteiger partial charge >= 0.3 is 0 Å². The molecule has 0 bridgehead atoms. The molecule has 2 N–H and O–H groups in total. The maximum Gasteiger partial charge on any atom is 0.244 e. The third-order valence-electron chi connectivity index (χ3n) is 3.99. The van der Waals surface area contributed by atoms with E-state index in [1.54, 1.807) is 34.9 Å². The van der Waals surface area contributed by atoms with Crippen molar-refractivity contribution in [2.45, 2.75) is 6.54 Å². The van der Waals surface area contributed by atoms with Gasteiger partial charge in [-0.3, -0.25) is 14.5 Å². The van der Waals surface area contributed by atoms with E-state index in [9.17, 15) is 4.79 Å². The molecule has 7 nitrogen and oxygen atoms in total. The van der Waals surface area contributed by atoms with Gasteiger partial charge in [-0.25, -0.2) is 0 Å². The number of H-pyrrole nitrogens is 1. The van der Waals surface area contributed by atoms with Gasteiger partial charge in [0.2, 0.25) is 5.91 Å². The molecule has 1 aliphatic heterocycles. The molecule has 1 amide bonds. The Labute approximate surface area is 164 Å². The summed E-state index contributed by atoms with van der Waals surface area (Å²) in [6, 6.07) is 12.4. The highest BCUT2D eigenvalue weighted by Gasteiger charge is 2.15. The number of aromatic nitrogens is 3. The van der Waals surface area contributed by atoms with E-state index >= 15 is 0 Å². The summed E-state index contributed by atoms with van der Waals surface area (Å²) in [6.07, 6.45) is 0. The second-order valence-electron chi connectivity index (χ2n) is 5.85. The molecule has 3 aromatic rings. The molecule has 0 atom stereocenters. The fourth-order valence-electron chi connectivity index (χ4n) is 2.75. The molecule has 2 heterocycles. The summed E-state index contributed by atoms with van der Waals surface area (Å²) >= 11 is 11.2. The summed E-state index contributed by atoms with van der Waals surface area (Å²) in [5.41, 5.74) is 1.42. The number of rotatable bonds is 4. The molecule has 1 aromatic heterocycles. The van der Waals surface area contributed by atoms with Gasteiger partial charge in [-0.05, 0) is 48.6 Å². The highest BCUT2D eigenvalue weighted by Crippen LogP contribution is 2.32. The van der Waals surface area contributed by atoms with Gasteiger partial charge in [-0.15, -0.1) is 0 Å². The Kier molecular flexibility index (Phi) is 4.83. The number of carbonyl (C=O) groups excluding carboxylic acids is 1. The van der Waals surface area contributed by atoms with Crippen LogP contribution in [0.25, 0.3) is 11.4 Å². The van der Waals surface area contributed by atoms with Crippen LogP contribution in [0.5, 0.6) is 11.5 Å². The van der Waals surface area contributed by atoms with Crippen LogP contribution in [0.15, 0.2) is 42.5 Å². The van der Waals surface area contributed by atoms with Gasteiger partial charge in [0, 0.05) is 22.3 Å². The third kappa shape index (κ3) is 3.81. The molecule has 0 radical (unpaired) electrons. The summed E-state index contributed by atoms with van der Waals surface area (Å²) in [4.78, 5) is 12.5. The van der Waals surface area contributed by atoms with E-state index in [-0.39, 0.29) is 12.5 Å². The maximum atomic E-state index is 12.5. The molecule has 0 saturated heterocycles. The summed E-state index contributed by atoms with van der Waals surface area (Å²) < 4.78 is 13.0. The van der Waals surface area contributed by atoms with Crippen LogP contribution >= 0.6 is 23.8 Å². The maximum absolute atomic E-state index is 12.5. The highest BCUT2D eigenvalue weighted by atomic mass is 35.5. The number of ether oxygens (including phenoxy) is 2. The SMILES string of the molecule is O=C(Cn1c(-c2ccc(Cl)cc2)n[nH]c1=S)Nc1ccc2c(c1)OCCO2. The summed E-state index contributed by atoms with van der Waals surface area (Å²) in [5.74, 6) is 1.61. The number of aromatic amines is 1. The van der Waals surface area contributed by atoms with Crippen LogP contribution < -0.4 is 14.8 Å². The fourth-order valence-corrected chi connectivity index (χ4v) is 3.07. The Morgan fingerprint density at radius 1 is 1.19 bits per heavy atom. The Morgan fingerprint density at radius 2 is 1.93 bits per heavy atom. The number of hydrogen-bond acceptors (Lipinski definition) is 5. The highest BCUT2D eigenvalue weighted by molar-refractivity contribution is 7.71. The summed E-state index contributed by atoms with van der Waals surface area (Å²) in [6.45, 7) is 1.02. The van der Waals surface area contributed by atoms with Crippen molar-refractivity contribution >= 4 is 35.4 Å². The van der Waals surface area contributed by atoms with Gasteiger partial charge < -0.3 is 14.8 Å². The average molecular weight is 403 g/mol. The van der Waals surface area contributed by atoms with E-state index < -0.39 is 0 Å². The van der Waals surface area contributed by atoms with Gasteiger partial charge in [0.05, 0.1) is 0 Å². The topological polar surface area (TPSA) is 81.2 Å². The Balaban J connectivity index is 1.53. The van der Waals surface area contributed by atoms with Crippen LogP contribution in [0, 0.1) is 4.77 Å². The lowest BCUT2D eigenvalue weighted by atomic mass is 10.2. The van der Waals surface area contributed by atoms with Crippen LogP contribution in [-0.2, 0) is 11.3 Å². The molecule has 27 heavy (non-hydrogen) atoms. The Bertz CT molecular complexity index is 1050. The second kappa shape index (κ2) is 7.42. The molecule has 2 aromatic carbocycles. The standard InChI is InChI=1S/C18H15ClN4O3S/c19-12-3-1-11(2-4-12)17-21-22-18(27)23(17)10-16(24)20-13-5-6-14-15(9-13)26-8-7-25-14/h1-6,9H,7-8,10H2,(H,20,24)(H,22,27). The summed E-state index contributed by atoms with van der Waals surface area (Å²) in [5, 5.41) is 10.4. The molecule has 0 saturated carbocycles. The number of carbonyl (C=O) groups is 1. The smallest absolute Gasteiger partial charge is 0.244 e. The van der Waals surface area contributed by atoms with E-state index in [4.69, 9.17) is 33.3 Å². The van der Waals surface area contributed by atoms with Gasteiger partial charge in [-0.1, -0.05) is 11.6 Å². The first-order chi connectivity index (χ1) is 13.1. The molecule has 1 aliphatic rings. The minimum absolute atomic E-state index is 0.0156. The fraction of sp³-hybridized carbons (Fsp3) is 0.167. The lowest BCUT2D eigenvalue weighted by Crippen LogP contribution is -2.20. The first-order valence-corrected chi connectivity index (χ1v) is 8.99. The van der Waals surface area contributed by atoms with Crippen molar-refractivity contribution < 1.29 is 14.3 Å². The number of benzene rings is 2. The number of fused-ring (bicyclic) bond motifs is 1. The van der Waals surface area contributed by atoms with Gasteiger partial charge in [0.1, 0.15) is 19.8 Å². The van der Waals surface area contributed by atoms with Crippen LogP contribution in [0.3, 0.4) is 0 Å². The molecular formula is C18H15ClN4O3S. The molecule has 4 rings (SSSR count). The van der Waals surface area contributed by atoms with Crippen molar-refractivity contribution in [1.82, 2.24) is 14.8 Å². The zero-order valence-electron chi connectivity index (χ0n) is 14.1.